The minimum atomic E-state index is -0.438. The van der Waals surface area contributed by atoms with Crippen LogP contribution >= 0.6 is 0 Å². The Kier molecular flexibility index (Phi) is 5.78. The minimum absolute atomic E-state index is 0.252. The SMILES string of the molecule is O=C(Nc1cc2nc(C3CCCCC3)[nH]c2cc1N1CCCC1)OCc1ccccc1. The van der Waals surface area contributed by atoms with Crippen LogP contribution < -0.4 is 10.2 Å². The number of ether oxygens (including phenoxy) is 1. The van der Waals surface area contributed by atoms with E-state index in [0.717, 1.165) is 46.9 Å². The fraction of sp³-hybridized carbons (Fsp3) is 0.440. The number of benzene rings is 2. The summed E-state index contributed by atoms with van der Waals surface area (Å²) < 4.78 is 5.47. The first kappa shape index (κ1) is 19.9. The smallest absolute Gasteiger partial charge is 0.412 e. The Morgan fingerprint density at radius 1 is 1.06 bits per heavy atom. The van der Waals surface area contributed by atoms with Gasteiger partial charge in [-0.1, -0.05) is 49.6 Å². The van der Waals surface area contributed by atoms with Gasteiger partial charge in [0.2, 0.25) is 0 Å². The van der Waals surface area contributed by atoms with Gasteiger partial charge in [-0.3, -0.25) is 5.32 Å². The molecule has 31 heavy (non-hydrogen) atoms. The van der Waals surface area contributed by atoms with Crippen LogP contribution in [0.2, 0.25) is 0 Å². The summed E-state index contributed by atoms with van der Waals surface area (Å²) in [5, 5.41) is 2.98. The molecule has 0 radical (unpaired) electrons. The van der Waals surface area contributed by atoms with Crippen molar-refractivity contribution in [1.82, 2.24) is 9.97 Å². The van der Waals surface area contributed by atoms with Crippen LogP contribution in [-0.2, 0) is 11.3 Å². The number of aromatic amines is 1. The van der Waals surface area contributed by atoms with Gasteiger partial charge in [-0.15, -0.1) is 0 Å². The van der Waals surface area contributed by atoms with E-state index in [1.807, 2.05) is 36.4 Å². The third-order valence-corrected chi connectivity index (χ3v) is 6.51. The highest BCUT2D eigenvalue weighted by Gasteiger charge is 2.22. The Morgan fingerprint density at radius 3 is 2.61 bits per heavy atom. The first-order valence-corrected chi connectivity index (χ1v) is 11.5. The fourth-order valence-electron chi connectivity index (χ4n) is 4.82. The van der Waals surface area contributed by atoms with Crippen LogP contribution in [0.25, 0.3) is 11.0 Å². The zero-order valence-corrected chi connectivity index (χ0v) is 17.9. The highest BCUT2D eigenvalue weighted by molar-refractivity contribution is 5.95. The van der Waals surface area contributed by atoms with Crippen molar-refractivity contribution >= 4 is 28.5 Å². The van der Waals surface area contributed by atoms with Crippen molar-refractivity contribution < 1.29 is 9.53 Å². The van der Waals surface area contributed by atoms with Gasteiger partial charge in [0.1, 0.15) is 12.4 Å². The van der Waals surface area contributed by atoms with Crippen molar-refractivity contribution in [1.29, 1.82) is 0 Å². The van der Waals surface area contributed by atoms with Crippen LogP contribution in [0.1, 0.15) is 62.3 Å². The number of rotatable bonds is 5. The summed E-state index contributed by atoms with van der Waals surface area (Å²) >= 11 is 0. The highest BCUT2D eigenvalue weighted by atomic mass is 16.5. The number of carbonyl (C=O) groups is 1. The van der Waals surface area contributed by atoms with E-state index in [1.54, 1.807) is 0 Å². The third kappa shape index (κ3) is 4.53. The van der Waals surface area contributed by atoms with Crippen LogP contribution in [0.3, 0.4) is 0 Å². The molecule has 0 unspecified atom stereocenters. The molecule has 1 aromatic heterocycles. The van der Waals surface area contributed by atoms with Gasteiger partial charge in [0.15, 0.2) is 0 Å². The lowest BCUT2D eigenvalue weighted by molar-refractivity contribution is 0.155. The molecule has 0 atom stereocenters. The topological polar surface area (TPSA) is 70.2 Å². The maximum atomic E-state index is 12.6. The molecule has 3 aromatic rings. The van der Waals surface area contributed by atoms with E-state index in [1.165, 1.54) is 44.9 Å². The lowest BCUT2D eigenvalue weighted by Gasteiger charge is -2.21. The second-order valence-electron chi connectivity index (χ2n) is 8.72. The molecule has 0 spiro atoms. The molecule has 1 aliphatic carbocycles. The molecule has 2 fully saturated rings. The van der Waals surface area contributed by atoms with Crippen molar-refractivity contribution in [3.63, 3.8) is 0 Å². The summed E-state index contributed by atoms with van der Waals surface area (Å²) in [5.41, 5.74) is 4.74. The van der Waals surface area contributed by atoms with Crippen LogP contribution in [0.4, 0.5) is 16.2 Å². The quantitative estimate of drug-likeness (QED) is 0.536. The molecule has 2 N–H and O–H groups in total. The Balaban J connectivity index is 1.39. The summed E-state index contributed by atoms with van der Waals surface area (Å²) in [7, 11) is 0. The van der Waals surface area contributed by atoms with Crippen LogP contribution in [0, 0.1) is 0 Å². The lowest BCUT2D eigenvalue weighted by Crippen LogP contribution is -2.21. The van der Waals surface area contributed by atoms with E-state index in [-0.39, 0.29) is 6.61 Å². The molecular weight excluding hydrogens is 388 g/mol. The summed E-state index contributed by atoms with van der Waals surface area (Å²) in [4.78, 5) is 23.4. The second kappa shape index (κ2) is 9.00. The number of carbonyl (C=O) groups excluding carboxylic acids is 1. The van der Waals surface area contributed by atoms with E-state index in [9.17, 15) is 4.79 Å². The third-order valence-electron chi connectivity index (χ3n) is 6.51. The number of nitrogens with zero attached hydrogens (tertiary/aromatic N) is 2. The maximum absolute atomic E-state index is 12.6. The molecule has 2 aromatic carbocycles. The normalized spacial score (nSPS) is 17.2. The van der Waals surface area contributed by atoms with Crippen molar-refractivity contribution in [2.75, 3.05) is 23.3 Å². The standard InChI is InChI=1S/C25H30N4O2/c30-25(31-17-18-9-3-1-4-10-18)28-22-15-20-21(16-23(22)29-13-7-8-14-29)27-24(26-20)19-11-5-2-6-12-19/h1,3-4,9-10,15-16,19H,2,5-8,11-14,17H2,(H,26,27)(H,28,30). The number of anilines is 2. The summed E-state index contributed by atoms with van der Waals surface area (Å²) in [6, 6.07) is 13.9. The lowest BCUT2D eigenvalue weighted by atomic mass is 9.89. The summed E-state index contributed by atoms with van der Waals surface area (Å²) in [6.07, 6.45) is 8.20. The Morgan fingerprint density at radius 2 is 1.84 bits per heavy atom. The molecule has 162 valence electrons. The van der Waals surface area contributed by atoms with Gasteiger partial charge in [-0.05, 0) is 43.4 Å². The van der Waals surface area contributed by atoms with Gasteiger partial charge in [-0.2, -0.15) is 0 Å². The number of fused-ring (bicyclic) bond motifs is 1. The van der Waals surface area contributed by atoms with Gasteiger partial charge >= 0.3 is 6.09 Å². The number of nitrogens with one attached hydrogen (secondary N) is 2. The Labute approximate surface area is 183 Å². The zero-order valence-electron chi connectivity index (χ0n) is 17.9. The van der Waals surface area contributed by atoms with E-state index >= 15 is 0 Å². The summed E-state index contributed by atoms with van der Waals surface area (Å²) in [6.45, 7) is 2.26. The first-order chi connectivity index (χ1) is 15.3. The monoisotopic (exact) mass is 418 g/mol. The molecule has 1 saturated heterocycles. The molecule has 2 heterocycles. The van der Waals surface area contributed by atoms with Crippen LogP contribution in [0.15, 0.2) is 42.5 Å². The molecule has 6 heteroatoms. The molecule has 5 rings (SSSR count). The maximum Gasteiger partial charge on any atom is 0.412 e. The van der Waals surface area contributed by atoms with Crippen LogP contribution in [-0.4, -0.2) is 29.2 Å². The molecule has 1 saturated carbocycles. The zero-order chi connectivity index (χ0) is 21.0. The molecule has 1 aliphatic heterocycles. The van der Waals surface area contributed by atoms with Crippen molar-refractivity contribution in [2.45, 2.75) is 57.5 Å². The number of H-pyrrole nitrogens is 1. The van der Waals surface area contributed by atoms with Gasteiger partial charge in [0.25, 0.3) is 0 Å². The van der Waals surface area contributed by atoms with Crippen molar-refractivity contribution in [3.05, 3.63) is 53.9 Å². The first-order valence-electron chi connectivity index (χ1n) is 11.5. The number of hydrogen-bond acceptors (Lipinski definition) is 4. The number of hydrogen-bond donors (Lipinski definition) is 2. The highest BCUT2D eigenvalue weighted by Crippen LogP contribution is 2.36. The van der Waals surface area contributed by atoms with E-state index in [4.69, 9.17) is 9.72 Å². The molecular formula is C25H30N4O2. The average Bonchev–Trinajstić information content (AvgIpc) is 3.48. The Hall–Kier alpha value is -3.02. The largest absolute Gasteiger partial charge is 0.444 e. The van der Waals surface area contributed by atoms with Crippen molar-refractivity contribution in [3.8, 4) is 0 Å². The van der Waals surface area contributed by atoms with Gasteiger partial charge in [0.05, 0.1) is 22.4 Å². The second-order valence-corrected chi connectivity index (χ2v) is 8.72. The van der Waals surface area contributed by atoms with Crippen molar-refractivity contribution in [2.24, 2.45) is 0 Å². The molecule has 6 nitrogen and oxygen atoms in total. The molecule has 2 aliphatic rings. The van der Waals surface area contributed by atoms with E-state index in [2.05, 4.69) is 21.3 Å². The number of imidazole rings is 1. The van der Waals surface area contributed by atoms with Gasteiger partial charge in [0, 0.05) is 19.0 Å². The van der Waals surface area contributed by atoms with E-state index in [0.29, 0.717) is 5.92 Å². The van der Waals surface area contributed by atoms with Gasteiger partial charge in [-0.25, -0.2) is 9.78 Å². The number of aromatic nitrogens is 2. The molecule has 0 bridgehead atoms. The predicted molar refractivity (Wildman–Crippen MR) is 124 cm³/mol. The number of amides is 1. The van der Waals surface area contributed by atoms with Crippen LogP contribution in [0.5, 0.6) is 0 Å². The van der Waals surface area contributed by atoms with Gasteiger partial charge < -0.3 is 14.6 Å². The predicted octanol–water partition coefficient (Wildman–Crippen LogP) is 5.96. The molecule has 1 amide bonds. The average molecular weight is 419 g/mol. The minimum Gasteiger partial charge on any atom is -0.444 e. The fourth-order valence-corrected chi connectivity index (χ4v) is 4.82. The Bertz CT molecular complexity index is 1030. The summed E-state index contributed by atoms with van der Waals surface area (Å²) in [5.74, 6) is 1.61. The van der Waals surface area contributed by atoms with E-state index < -0.39 is 6.09 Å².